The SMILES string of the molecule is Nc1nc(-c2ncc(Br)cc2Br)ncc1I. The fourth-order valence-corrected chi connectivity index (χ4v) is 2.50. The van der Waals surface area contributed by atoms with Crippen molar-refractivity contribution in [3.05, 3.63) is 31.0 Å². The van der Waals surface area contributed by atoms with Crippen molar-refractivity contribution < 1.29 is 0 Å². The topological polar surface area (TPSA) is 64.7 Å². The Morgan fingerprint density at radius 1 is 1.19 bits per heavy atom. The van der Waals surface area contributed by atoms with Crippen molar-refractivity contribution in [2.75, 3.05) is 5.73 Å². The van der Waals surface area contributed by atoms with E-state index in [1.807, 2.05) is 6.07 Å². The molecule has 0 aliphatic rings. The van der Waals surface area contributed by atoms with Crippen LogP contribution < -0.4 is 5.73 Å². The standard InChI is InChI=1S/C9H5Br2IN4/c10-4-1-5(11)7(14-2-4)9-15-3-6(12)8(13)16-9/h1-3H,(H2,13,15,16). The zero-order valence-corrected chi connectivity index (χ0v) is 13.1. The molecule has 82 valence electrons. The van der Waals surface area contributed by atoms with Gasteiger partial charge >= 0.3 is 0 Å². The predicted octanol–water partition coefficient (Wildman–Crippen LogP) is 3.25. The summed E-state index contributed by atoms with van der Waals surface area (Å²) in [6, 6.07) is 1.89. The number of halogens is 3. The van der Waals surface area contributed by atoms with Gasteiger partial charge in [0, 0.05) is 21.3 Å². The van der Waals surface area contributed by atoms with Crippen molar-refractivity contribution in [2.45, 2.75) is 0 Å². The van der Waals surface area contributed by atoms with Crippen molar-refractivity contribution in [1.82, 2.24) is 15.0 Å². The van der Waals surface area contributed by atoms with E-state index in [0.29, 0.717) is 17.3 Å². The van der Waals surface area contributed by atoms with Gasteiger partial charge in [0.15, 0.2) is 5.82 Å². The molecule has 2 heterocycles. The Balaban J connectivity index is 2.54. The van der Waals surface area contributed by atoms with Crippen LogP contribution in [0.25, 0.3) is 11.5 Å². The molecule has 0 saturated heterocycles. The molecule has 0 spiro atoms. The quantitative estimate of drug-likeness (QED) is 0.670. The molecule has 0 aliphatic heterocycles. The number of aromatic nitrogens is 3. The van der Waals surface area contributed by atoms with E-state index >= 15 is 0 Å². The van der Waals surface area contributed by atoms with E-state index in [4.69, 9.17) is 5.73 Å². The van der Waals surface area contributed by atoms with Crippen molar-refractivity contribution in [1.29, 1.82) is 0 Å². The zero-order valence-electron chi connectivity index (χ0n) is 7.78. The number of rotatable bonds is 1. The van der Waals surface area contributed by atoms with E-state index in [0.717, 1.165) is 12.5 Å². The number of hydrogen-bond acceptors (Lipinski definition) is 4. The fourth-order valence-electron chi connectivity index (χ4n) is 1.07. The Morgan fingerprint density at radius 2 is 1.94 bits per heavy atom. The van der Waals surface area contributed by atoms with Crippen molar-refractivity contribution in [3.8, 4) is 11.5 Å². The van der Waals surface area contributed by atoms with Crippen molar-refractivity contribution in [2.24, 2.45) is 0 Å². The highest BCUT2D eigenvalue weighted by Gasteiger charge is 2.10. The highest BCUT2D eigenvalue weighted by molar-refractivity contribution is 14.1. The van der Waals surface area contributed by atoms with Crippen LogP contribution in [0.3, 0.4) is 0 Å². The summed E-state index contributed by atoms with van der Waals surface area (Å²) in [6.07, 6.45) is 3.37. The van der Waals surface area contributed by atoms with Crippen LogP contribution in [0.4, 0.5) is 5.82 Å². The molecular formula is C9H5Br2IN4. The number of nitrogens with zero attached hydrogens (tertiary/aromatic N) is 3. The largest absolute Gasteiger partial charge is 0.383 e. The minimum Gasteiger partial charge on any atom is -0.383 e. The maximum Gasteiger partial charge on any atom is 0.181 e. The second kappa shape index (κ2) is 4.92. The van der Waals surface area contributed by atoms with E-state index in [-0.39, 0.29) is 0 Å². The Labute approximate surface area is 122 Å². The molecule has 0 radical (unpaired) electrons. The van der Waals surface area contributed by atoms with E-state index < -0.39 is 0 Å². The monoisotopic (exact) mass is 454 g/mol. The Morgan fingerprint density at radius 3 is 2.56 bits per heavy atom. The maximum atomic E-state index is 5.73. The lowest BCUT2D eigenvalue weighted by atomic mass is 10.3. The molecule has 0 saturated carbocycles. The van der Waals surface area contributed by atoms with Crippen LogP contribution in [0.15, 0.2) is 27.4 Å². The van der Waals surface area contributed by atoms with Gasteiger partial charge in [-0.3, -0.25) is 4.98 Å². The summed E-state index contributed by atoms with van der Waals surface area (Å²) in [5.41, 5.74) is 6.40. The third-order valence-electron chi connectivity index (χ3n) is 1.79. The van der Waals surface area contributed by atoms with Crippen LogP contribution in [-0.4, -0.2) is 15.0 Å². The van der Waals surface area contributed by atoms with Gasteiger partial charge in [-0.15, -0.1) is 0 Å². The zero-order chi connectivity index (χ0) is 11.7. The van der Waals surface area contributed by atoms with Crippen LogP contribution in [0.5, 0.6) is 0 Å². The van der Waals surface area contributed by atoms with Crippen molar-refractivity contribution >= 4 is 60.3 Å². The first-order chi connectivity index (χ1) is 7.58. The third kappa shape index (κ3) is 2.51. The fraction of sp³-hybridized carbons (Fsp3) is 0. The van der Waals surface area contributed by atoms with Gasteiger partial charge in [0.1, 0.15) is 11.5 Å². The van der Waals surface area contributed by atoms with Crippen LogP contribution in [0.1, 0.15) is 0 Å². The molecule has 4 nitrogen and oxygen atoms in total. The summed E-state index contributed by atoms with van der Waals surface area (Å²) < 4.78 is 2.54. The summed E-state index contributed by atoms with van der Waals surface area (Å²) in [5, 5.41) is 0. The van der Waals surface area contributed by atoms with Gasteiger partial charge in [0.2, 0.25) is 0 Å². The molecule has 0 atom stereocenters. The average molecular weight is 456 g/mol. The van der Waals surface area contributed by atoms with Crippen molar-refractivity contribution in [3.63, 3.8) is 0 Å². The molecule has 16 heavy (non-hydrogen) atoms. The van der Waals surface area contributed by atoms with Gasteiger partial charge in [-0.05, 0) is 60.5 Å². The maximum absolute atomic E-state index is 5.73. The molecule has 2 N–H and O–H groups in total. The van der Waals surface area contributed by atoms with Gasteiger partial charge in [-0.25, -0.2) is 9.97 Å². The molecule has 7 heteroatoms. The van der Waals surface area contributed by atoms with Gasteiger partial charge in [0.05, 0.1) is 3.57 Å². The minimum atomic E-state index is 0.460. The first-order valence-corrected chi connectivity index (χ1v) is 6.84. The minimum absolute atomic E-state index is 0.460. The van der Waals surface area contributed by atoms with E-state index in [1.165, 1.54) is 0 Å². The Hall–Kier alpha value is -0.280. The lowest BCUT2D eigenvalue weighted by Crippen LogP contribution is -1.99. The van der Waals surface area contributed by atoms with E-state index in [2.05, 4.69) is 69.4 Å². The van der Waals surface area contributed by atoms with E-state index in [1.54, 1.807) is 12.4 Å². The average Bonchev–Trinajstić information content (AvgIpc) is 2.22. The number of nitrogen functional groups attached to an aromatic ring is 1. The Bertz CT molecular complexity index is 547. The lowest BCUT2D eigenvalue weighted by molar-refractivity contribution is 1.13. The highest BCUT2D eigenvalue weighted by Crippen LogP contribution is 2.26. The summed E-state index contributed by atoms with van der Waals surface area (Å²) in [5.74, 6) is 0.972. The van der Waals surface area contributed by atoms with Crippen LogP contribution >= 0.6 is 54.5 Å². The van der Waals surface area contributed by atoms with E-state index in [9.17, 15) is 0 Å². The third-order valence-corrected chi connectivity index (χ3v) is 3.66. The predicted molar refractivity (Wildman–Crippen MR) is 77.8 cm³/mol. The summed E-state index contributed by atoms with van der Waals surface area (Å²) in [6.45, 7) is 0. The highest BCUT2D eigenvalue weighted by atomic mass is 127. The lowest BCUT2D eigenvalue weighted by Gasteiger charge is -2.04. The van der Waals surface area contributed by atoms with Gasteiger partial charge in [0.25, 0.3) is 0 Å². The second-order valence-electron chi connectivity index (χ2n) is 2.91. The number of hydrogen-bond donors (Lipinski definition) is 1. The first-order valence-electron chi connectivity index (χ1n) is 4.17. The molecule has 2 rings (SSSR count). The molecule has 0 aliphatic carbocycles. The summed E-state index contributed by atoms with van der Waals surface area (Å²) in [7, 11) is 0. The molecule has 2 aromatic rings. The molecule has 2 aromatic heterocycles. The Kier molecular flexibility index (Phi) is 3.75. The molecule has 0 bridgehead atoms. The molecule has 0 aromatic carbocycles. The molecular weight excluding hydrogens is 451 g/mol. The number of pyridine rings is 1. The van der Waals surface area contributed by atoms with Gasteiger partial charge < -0.3 is 5.73 Å². The number of nitrogens with two attached hydrogens (primary N) is 1. The molecule has 0 amide bonds. The number of anilines is 1. The molecule has 0 fully saturated rings. The summed E-state index contributed by atoms with van der Waals surface area (Å²) in [4.78, 5) is 12.6. The van der Waals surface area contributed by atoms with Crippen LogP contribution in [0, 0.1) is 3.57 Å². The first kappa shape index (κ1) is 12.2. The second-order valence-corrected chi connectivity index (χ2v) is 5.84. The van der Waals surface area contributed by atoms with Gasteiger partial charge in [-0.2, -0.15) is 0 Å². The summed E-state index contributed by atoms with van der Waals surface area (Å²) >= 11 is 8.83. The van der Waals surface area contributed by atoms with Gasteiger partial charge in [-0.1, -0.05) is 0 Å². The normalized spacial score (nSPS) is 10.4. The smallest absolute Gasteiger partial charge is 0.181 e. The molecule has 0 unspecified atom stereocenters. The van der Waals surface area contributed by atoms with Crippen LogP contribution in [-0.2, 0) is 0 Å². The van der Waals surface area contributed by atoms with Crippen LogP contribution in [0.2, 0.25) is 0 Å².